The first-order valence-corrected chi connectivity index (χ1v) is 7.55. The minimum atomic E-state index is -0.0813. The molecule has 108 valence electrons. The summed E-state index contributed by atoms with van der Waals surface area (Å²) in [4.78, 5) is 14.6. The van der Waals surface area contributed by atoms with Gasteiger partial charge in [-0.3, -0.25) is 9.69 Å². The van der Waals surface area contributed by atoms with Crippen molar-refractivity contribution in [2.75, 3.05) is 14.2 Å². The van der Waals surface area contributed by atoms with Crippen molar-refractivity contribution >= 4 is 17.6 Å². The highest BCUT2D eigenvalue weighted by atomic mass is 35.5. The van der Waals surface area contributed by atoms with Crippen molar-refractivity contribution in [2.24, 2.45) is 5.92 Å². The summed E-state index contributed by atoms with van der Waals surface area (Å²) < 4.78 is 5.07. The third kappa shape index (κ3) is 2.23. The van der Waals surface area contributed by atoms with Crippen LogP contribution in [0.15, 0.2) is 24.3 Å². The Morgan fingerprint density at radius 1 is 1.30 bits per heavy atom. The zero-order valence-electron chi connectivity index (χ0n) is 11.9. The number of esters is 1. The van der Waals surface area contributed by atoms with Crippen LogP contribution in [0, 0.1) is 5.92 Å². The minimum Gasteiger partial charge on any atom is -0.469 e. The fraction of sp³-hybridized carbons (Fsp3) is 0.562. The maximum atomic E-state index is 12.3. The lowest BCUT2D eigenvalue weighted by Crippen LogP contribution is -2.49. The Morgan fingerprint density at radius 2 is 2.00 bits per heavy atom. The van der Waals surface area contributed by atoms with Crippen LogP contribution >= 0.6 is 11.6 Å². The number of carbonyl (C=O) groups is 1. The van der Waals surface area contributed by atoms with E-state index < -0.39 is 0 Å². The van der Waals surface area contributed by atoms with Crippen molar-refractivity contribution in [3.05, 3.63) is 34.9 Å². The van der Waals surface area contributed by atoms with Gasteiger partial charge in [-0.05, 0) is 44.0 Å². The third-order valence-electron chi connectivity index (χ3n) is 5.04. The Labute approximate surface area is 124 Å². The Bertz CT molecular complexity index is 502. The molecule has 20 heavy (non-hydrogen) atoms. The lowest BCUT2D eigenvalue weighted by atomic mass is 9.76. The van der Waals surface area contributed by atoms with Crippen LogP contribution in [-0.4, -0.2) is 37.1 Å². The number of nitrogens with zero attached hydrogens (tertiary/aromatic N) is 1. The summed E-state index contributed by atoms with van der Waals surface area (Å²) in [7, 11) is 3.62. The molecule has 2 aliphatic heterocycles. The van der Waals surface area contributed by atoms with Crippen LogP contribution in [-0.2, 0) is 9.53 Å². The monoisotopic (exact) mass is 293 g/mol. The van der Waals surface area contributed by atoms with E-state index in [1.54, 1.807) is 0 Å². The number of piperidine rings is 1. The summed E-state index contributed by atoms with van der Waals surface area (Å²) in [6, 6.07) is 8.81. The molecule has 4 heteroatoms. The first-order chi connectivity index (χ1) is 9.61. The highest BCUT2D eigenvalue weighted by Gasteiger charge is 2.49. The molecule has 1 aromatic carbocycles. The van der Waals surface area contributed by atoms with Gasteiger partial charge in [0.2, 0.25) is 0 Å². The number of methoxy groups -OCH3 is 1. The average molecular weight is 294 g/mol. The summed E-state index contributed by atoms with van der Waals surface area (Å²) in [6.45, 7) is 0. The number of rotatable bonds is 2. The highest BCUT2D eigenvalue weighted by molar-refractivity contribution is 6.30. The van der Waals surface area contributed by atoms with E-state index in [1.807, 2.05) is 24.3 Å². The molecular weight excluding hydrogens is 274 g/mol. The quantitative estimate of drug-likeness (QED) is 0.785. The molecule has 2 fully saturated rings. The van der Waals surface area contributed by atoms with E-state index in [4.69, 9.17) is 16.3 Å². The molecular formula is C16H20ClNO2. The van der Waals surface area contributed by atoms with Crippen LogP contribution in [0.5, 0.6) is 0 Å². The second-order valence-corrected chi connectivity index (χ2v) is 6.34. The second-order valence-electron chi connectivity index (χ2n) is 5.91. The average Bonchev–Trinajstić information content (AvgIpc) is 2.70. The van der Waals surface area contributed by atoms with E-state index in [0.717, 1.165) is 17.9 Å². The van der Waals surface area contributed by atoms with Crippen molar-refractivity contribution in [1.29, 1.82) is 0 Å². The summed E-state index contributed by atoms with van der Waals surface area (Å²) >= 11 is 5.97. The predicted octanol–water partition coefficient (Wildman–Crippen LogP) is 3.08. The summed E-state index contributed by atoms with van der Waals surface area (Å²) in [5.41, 5.74) is 1.20. The van der Waals surface area contributed by atoms with Gasteiger partial charge in [0.25, 0.3) is 0 Å². The normalized spacial score (nSPS) is 33.1. The van der Waals surface area contributed by atoms with Crippen molar-refractivity contribution < 1.29 is 9.53 Å². The van der Waals surface area contributed by atoms with Gasteiger partial charge in [0.1, 0.15) is 0 Å². The number of carbonyl (C=O) groups excluding carboxylic acids is 1. The number of fused-ring (bicyclic) bond motifs is 2. The summed E-state index contributed by atoms with van der Waals surface area (Å²) in [5.74, 6) is 0.0977. The molecule has 3 nitrogen and oxygen atoms in total. The molecule has 0 spiro atoms. The van der Waals surface area contributed by atoms with Crippen LogP contribution in [0.2, 0.25) is 5.02 Å². The molecule has 1 aromatic rings. The molecule has 4 atom stereocenters. The molecule has 3 unspecified atom stereocenters. The number of ether oxygens (including phenoxy) is 1. The largest absolute Gasteiger partial charge is 0.469 e. The Balaban J connectivity index is 1.95. The van der Waals surface area contributed by atoms with E-state index in [0.29, 0.717) is 12.1 Å². The number of hydrogen-bond donors (Lipinski definition) is 0. The fourth-order valence-electron chi connectivity index (χ4n) is 3.98. The lowest BCUT2D eigenvalue weighted by Gasteiger charge is -2.41. The van der Waals surface area contributed by atoms with E-state index in [2.05, 4.69) is 11.9 Å². The first kappa shape index (κ1) is 13.9. The van der Waals surface area contributed by atoms with Gasteiger partial charge in [-0.15, -0.1) is 0 Å². The van der Waals surface area contributed by atoms with Crippen molar-refractivity contribution in [1.82, 2.24) is 4.90 Å². The van der Waals surface area contributed by atoms with Crippen molar-refractivity contribution in [3.8, 4) is 0 Å². The third-order valence-corrected chi connectivity index (χ3v) is 5.29. The number of hydrogen-bond acceptors (Lipinski definition) is 3. The van der Waals surface area contributed by atoms with Gasteiger partial charge in [0, 0.05) is 23.0 Å². The summed E-state index contributed by atoms with van der Waals surface area (Å²) in [5, 5.41) is 0.735. The Kier molecular flexibility index (Phi) is 3.74. The number of benzene rings is 1. The van der Waals surface area contributed by atoms with Gasteiger partial charge in [0.05, 0.1) is 13.0 Å². The van der Waals surface area contributed by atoms with Gasteiger partial charge >= 0.3 is 5.97 Å². The zero-order valence-corrected chi connectivity index (χ0v) is 12.6. The van der Waals surface area contributed by atoms with E-state index in [-0.39, 0.29) is 17.8 Å². The van der Waals surface area contributed by atoms with Gasteiger partial charge in [-0.1, -0.05) is 23.7 Å². The molecule has 0 radical (unpaired) electrons. The number of halogens is 1. The van der Waals surface area contributed by atoms with Gasteiger partial charge in [-0.2, -0.15) is 0 Å². The van der Waals surface area contributed by atoms with E-state index in [9.17, 15) is 4.79 Å². The summed E-state index contributed by atoms with van der Waals surface area (Å²) in [6.07, 6.45) is 3.29. The maximum Gasteiger partial charge on any atom is 0.310 e. The molecule has 0 aliphatic carbocycles. The van der Waals surface area contributed by atoms with Crippen molar-refractivity contribution in [3.63, 3.8) is 0 Å². The smallest absolute Gasteiger partial charge is 0.310 e. The Morgan fingerprint density at radius 3 is 2.65 bits per heavy atom. The minimum absolute atomic E-state index is 0.0649. The second kappa shape index (κ2) is 5.38. The van der Waals surface area contributed by atoms with Crippen LogP contribution in [0.3, 0.4) is 0 Å². The van der Waals surface area contributed by atoms with Crippen LogP contribution in [0.4, 0.5) is 0 Å². The first-order valence-electron chi connectivity index (χ1n) is 7.17. The van der Waals surface area contributed by atoms with E-state index in [1.165, 1.54) is 19.1 Å². The molecule has 0 saturated carbocycles. The van der Waals surface area contributed by atoms with Gasteiger partial charge < -0.3 is 4.74 Å². The molecule has 2 aliphatic rings. The zero-order chi connectivity index (χ0) is 14.3. The highest BCUT2D eigenvalue weighted by Crippen LogP contribution is 2.46. The standard InChI is InChI=1S/C16H20ClNO2/c1-18-12-7-8-14(18)15(16(19)20-2)13(9-12)10-3-5-11(17)6-4-10/h3-6,12-15H,7-9H2,1-2H3/t12?,13-,14?,15?/m1/s1. The van der Waals surface area contributed by atoms with Crippen LogP contribution in [0.25, 0.3) is 0 Å². The van der Waals surface area contributed by atoms with Crippen LogP contribution in [0.1, 0.15) is 30.7 Å². The molecule has 2 saturated heterocycles. The fourth-order valence-corrected chi connectivity index (χ4v) is 4.10. The Hall–Kier alpha value is -1.06. The van der Waals surface area contributed by atoms with Crippen molar-refractivity contribution in [2.45, 2.75) is 37.3 Å². The molecule has 2 bridgehead atoms. The van der Waals surface area contributed by atoms with Crippen LogP contribution < -0.4 is 0 Å². The molecule has 0 N–H and O–H groups in total. The van der Waals surface area contributed by atoms with Gasteiger partial charge in [-0.25, -0.2) is 0 Å². The SMILES string of the molecule is COC(=O)C1C2CCC(C[C@@H]1c1ccc(Cl)cc1)N2C. The lowest BCUT2D eigenvalue weighted by molar-refractivity contribution is -0.150. The molecule has 0 amide bonds. The van der Waals surface area contributed by atoms with E-state index >= 15 is 0 Å². The molecule has 3 rings (SSSR count). The van der Waals surface area contributed by atoms with Gasteiger partial charge in [0.15, 0.2) is 0 Å². The maximum absolute atomic E-state index is 12.3. The predicted molar refractivity (Wildman–Crippen MR) is 78.9 cm³/mol. The topological polar surface area (TPSA) is 29.5 Å². The molecule has 0 aromatic heterocycles. The molecule has 2 heterocycles.